The van der Waals surface area contributed by atoms with E-state index >= 15 is 0 Å². The van der Waals surface area contributed by atoms with E-state index in [1.165, 1.54) is 0 Å². The molecule has 106 valence electrons. The first-order valence-corrected chi connectivity index (χ1v) is 6.71. The van der Waals surface area contributed by atoms with E-state index < -0.39 is 0 Å². The number of aryl methyl sites for hydroxylation is 2. The Morgan fingerprint density at radius 3 is 2.80 bits per heavy atom. The number of nitrogens with zero attached hydrogens (tertiary/aromatic N) is 1. The standard InChI is InChI=1S/C16H19FN2O/c1-4-18-9-13-10-19-12(3)8-15(13)20-14-7-5-6-11(2)16(14)17/h5-8,10,18H,4,9H2,1-3H3. The number of hydrogen-bond donors (Lipinski definition) is 1. The molecular formula is C16H19FN2O. The molecule has 1 aromatic heterocycles. The Kier molecular flexibility index (Phi) is 4.69. The Labute approximate surface area is 118 Å². The molecule has 0 radical (unpaired) electrons. The van der Waals surface area contributed by atoms with Gasteiger partial charge in [-0.3, -0.25) is 4.98 Å². The number of pyridine rings is 1. The molecule has 0 bridgehead atoms. The maximum absolute atomic E-state index is 14.0. The van der Waals surface area contributed by atoms with E-state index in [9.17, 15) is 4.39 Å². The lowest BCUT2D eigenvalue weighted by Crippen LogP contribution is -2.13. The van der Waals surface area contributed by atoms with Crippen LogP contribution in [0.15, 0.2) is 30.5 Å². The van der Waals surface area contributed by atoms with Crippen molar-refractivity contribution in [3.63, 3.8) is 0 Å². The van der Waals surface area contributed by atoms with Crippen LogP contribution in [-0.4, -0.2) is 11.5 Å². The molecule has 0 aliphatic rings. The zero-order valence-corrected chi connectivity index (χ0v) is 12.0. The molecular weight excluding hydrogens is 255 g/mol. The molecule has 1 N–H and O–H groups in total. The SMILES string of the molecule is CCNCc1cnc(C)cc1Oc1cccc(C)c1F. The zero-order valence-electron chi connectivity index (χ0n) is 12.0. The Morgan fingerprint density at radius 1 is 1.25 bits per heavy atom. The van der Waals surface area contributed by atoms with Crippen LogP contribution in [0.1, 0.15) is 23.7 Å². The van der Waals surface area contributed by atoms with Gasteiger partial charge in [-0.1, -0.05) is 19.1 Å². The van der Waals surface area contributed by atoms with Crippen LogP contribution in [0, 0.1) is 19.7 Å². The van der Waals surface area contributed by atoms with Crippen LogP contribution in [0.5, 0.6) is 11.5 Å². The third-order valence-corrected chi connectivity index (χ3v) is 3.02. The molecule has 1 heterocycles. The quantitative estimate of drug-likeness (QED) is 0.902. The highest BCUT2D eigenvalue weighted by Gasteiger charge is 2.10. The lowest BCUT2D eigenvalue weighted by Gasteiger charge is -2.13. The molecule has 0 amide bonds. The molecule has 2 aromatic rings. The molecule has 0 aliphatic heterocycles. The Hall–Kier alpha value is -1.94. The van der Waals surface area contributed by atoms with Crippen LogP contribution in [0.25, 0.3) is 0 Å². The lowest BCUT2D eigenvalue weighted by molar-refractivity contribution is 0.433. The van der Waals surface area contributed by atoms with Crippen LogP contribution < -0.4 is 10.1 Å². The van der Waals surface area contributed by atoms with Gasteiger partial charge in [0.1, 0.15) is 5.75 Å². The molecule has 2 rings (SSSR count). The minimum absolute atomic E-state index is 0.244. The number of hydrogen-bond acceptors (Lipinski definition) is 3. The average molecular weight is 274 g/mol. The Bertz CT molecular complexity index is 599. The van der Waals surface area contributed by atoms with Gasteiger partial charge in [0, 0.05) is 30.1 Å². The largest absolute Gasteiger partial charge is 0.454 e. The summed E-state index contributed by atoms with van der Waals surface area (Å²) in [7, 11) is 0. The van der Waals surface area contributed by atoms with Crippen LogP contribution >= 0.6 is 0 Å². The van der Waals surface area contributed by atoms with Gasteiger partial charge in [-0.2, -0.15) is 0 Å². The van der Waals surface area contributed by atoms with Crippen LogP contribution in [-0.2, 0) is 6.54 Å². The van der Waals surface area contributed by atoms with Gasteiger partial charge in [-0.25, -0.2) is 4.39 Å². The maximum Gasteiger partial charge on any atom is 0.168 e. The number of ether oxygens (including phenoxy) is 1. The van der Waals surface area contributed by atoms with E-state index in [0.717, 1.165) is 17.8 Å². The van der Waals surface area contributed by atoms with Crippen molar-refractivity contribution in [3.8, 4) is 11.5 Å². The van der Waals surface area contributed by atoms with Crippen molar-refractivity contribution in [2.24, 2.45) is 0 Å². The van der Waals surface area contributed by atoms with Crippen molar-refractivity contribution in [2.45, 2.75) is 27.3 Å². The first-order chi connectivity index (χ1) is 9.61. The van der Waals surface area contributed by atoms with Crippen LogP contribution in [0.3, 0.4) is 0 Å². The molecule has 3 nitrogen and oxygen atoms in total. The highest BCUT2D eigenvalue weighted by Crippen LogP contribution is 2.28. The van der Waals surface area contributed by atoms with Gasteiger partial charge < -0.3 is 10.1 Å². The van der Waals surface area contributed by atoms with Crippen molar-refractivity contribution < 1.29 is 9.13 Å². The Balaban J connectivity index is 2.31. The monoisotopic (exact) mass is 274 g/mol. The van der Waals surface area contributed by atoms with Gasteiger partial charge in [0.2, 0.25) is 0 Å². The summed E-state index contributed by atoms with van der Waals surface area (Å²) >= 11 is 0. The predicted molar refractivity (Wildman–Crippen MR) is 77.6 cm³/mol. The number of nitrogens with one attached hydrogen (secondary N) is 1. The number of halogens is 1. The fraction of sp³-hybridized carbons (Fsp3) is 0.312. The third-order valence-electron chi connectivity index (χ3n) is 3.02. The summed E-state index contributed by atoms with van der Waals surface area (Å²) in [6.45, 7) is 7.14. The summed E-state index contributed by atoms with van der Waals surface area (Å²) < 4.78 is 19.8. The van der Waals surface area contributed by atoms with E-state index in [4.69, 9.17) is 4.74 Å². The highest BCUT2D eigenvalue weighted by atomic mass is 19.1. The molecule has 0 atom stereocenters. The summed E-state index contributed by atoms with van der Waals surface area (Å²) in [4.78, 5) is 4.26. The molecule has 0 unspecified atom stereocenters. The number of benzene rings is 1. The molecule has 0 fully saturated rings. The average Bonchev–Trinajstić information content (AvgIpc) is 2.43. The minimum atomic E-state index is -0.323. The minimum Gasteiger partial charge on any atom is -0.454 e. The van der Waals surface area contributed by atoms with Crippen molar-refractivity contribution in [3.05, 3.63) is 53.1 Å². The van der Waals surface area contributed by atoms with E-state index in [2.05, 4.69) is 10.3 Å². The lowest BCUT2D eigenvalue weighted by atomic mass is 10.2. The third kappa shape index (κ3) is 3.33. The first-order valence-electron chi connectivity index (χ1n) is 6.71. The van der Waals surface area contributed by atoms with Crippen molar-refractivity contribution in [2.75, 3.05) is 6.54 Å². The van der Waals surface area contributed by atoms with Gasteiger partial charge in [-0.15, -0.1) is 0 Å². The van der Waals surface area contributed by atoms with Crippen LogP contribution in [0.4, 0.5) is 4.39 Å². The number of rotatable bonds is 5. The zero-order chi connectivity index (χ0) is 14.5. The highest BCUT2D eigenvalue weighted by molar-refractivity contribution is 5.39. The molecule has 4 heteroatoms. The van der Waals surface area contributed by atoms with Gasteiger partial charge in [0.25, 0.3) is 0 Å². The van der Waals surface area contributed by atoms with Crippen molar-refractivity contribution in [1.82, 2.24) is 10.3 Å². The molecule has 20 heavy (non-hydrogen) atoms. The van der Waals surface area contributed by atoms with Gasteiger partial charge >= 0.3 is 0 Å². The summed E-state index contributed by atoms with van der Waals surface area (Å²) in [6, 6.07) is 6.97. The second-order valence-electron chi connectivity index (χ2n) is 4.70. The molecule has 0 saturated heterocycles. The van der Waals surface area contributed by atoms with E-state index in [-0.39, 0.29) is 11.6 Å². The summed E-state index contributed by atoms with van der Waals surface area (Å²) in [5.74, 6) is 0.563. The molecule has 1 aromatic carbocycles. The molecule has 0 spiro atoms. The summed E-state index contributed by atoms with van der Waals surface area (Å²) in [6.07, 6.45) is 1.76. The van der Waals surface area contributed by atoms with Crippen molar-refractivity contribution >= 4 is 0 Å². The maximum atomic E-state index is 14.0. The first kappa shape index (κ1) is 14.5. The fourth-order valence-electron chi connectivity index (χ4n) is 1.87. The summed E-state index contributed by atoms with van der Waals surface area (Å²) in [5.41, 5.74) is 2.33. The van der Waals surface area contributed by atoms with Crippen LogP contribution in [0.2, 0.25) is 0 Å². The number of aromatic nitrogens is 1. The smallest absolute Gasteiger partial charge is 0.168 e. The predicted octanol–water partition coefficient (Wildman–Crippen LogP) is 3.74. The van der Waals surface area contributed by atoms with E-state index in [1.54, 1.807) is 31.3 Å². The summed E-state index contributed by atoms with van der Waals surface area (Å²) in [5, 5.41) is 3.22. The fourth-order valence-corrected chi connectivity index (χ4v) is 1.87. The molecule has 0 aliphatic carbocycles. The van der Waals surface area contributed by atoms with E-state index in [0.29, 0.717) is 17.9 Å². The van der Waals surface area contributed by atoms with Gasteiger partial charge in [0.05, 0.1) is 0 Å². The second kappa shape index (κ2) is 6.48. The Morgan fingerprint density at radius 2 is 2.05 bits per heavy atom. The van der Waals surface area contributed by atoms with Crippen molar-refractivity contribution in [1.29, 1.82) is 0 Å². The normalized spacial score (nSPS) is 10.6. The molecule has 0 saturated carbocycles. The second-order valence-corrected chi connectivity index (χ2v) is 4.70. The van der Waals surface area contributed by atoms with Gasteiger partial charge in [-0.05, 0) is 32.0 Å². The van der Waals surface area contributed by atoms with Gasteiger partial charge in [0.15, 0.2) is 11.6 Å². The topological polar surface area (TPSA) is 34.2 Å². The van der Waals surface area contributed by atoms with E-state index in [1.807, 2.05) is 19.9 Å².